The second kappa shape index (κ2) is 4.46. The van der Waals surface area contributed by atoms with Gasteiger partial charge in [-0.1, -0.05) is 18.2 Å². The van der Waals surface area contributed by atoms with E-state index in [9.17, 15) is 5.26 Å². The molecule has 0 atom stereocenters. The van der Waals surface area contributed by atoms with Crippen LogP contribution in [0.1, 0.15) is 5.56 Å². The Morgan fingerprint density at radius 2 is 2.11 bits per heavy atom. The number of fused-ring (bicyclic) bond motifs is 1. The van der Waals surface area contributed by atoms with Crippen LogP contribution >= 0.6 is 0 Å². The van der Waals surface area contributed by atoms with Crippen molar-refractivity contribution in [3.05, 3.63) is 48.3 Å². The number of aromatic nitrogens is 2. The predicted octanol–water partition coefficient (Wildman–Crippen LogP) is 3.11. The molecule has 0 aliphatic rings. The summed E-state index contributed by atoms with van der Waals surface area (Å²) < 4.78 is 5.34. The van der Waals surface area contributed by atoms with Crippen LogP contribution in [0.25, 0.3) is 22.0 Å². The smallest absolute Gasteiger partial charge is 0.221 e. The molecular weight excluding hydrogens is 238 g/mol. The van der Waals surface area contributed by atoms with E-state index in [1.807, 2.05) is 30.5 Å². The van der Waals surface area contributed by atoms with Gasteiger partial charge in [0.25, 0.3) is 0 Å². The molecule has 3 aromatic rings. The van der Waals surface area contributed by atoms with Crippen LogP contribution in [0.4, 0.5) is 0 Å². The Kier molecular flexibility index (Phi) is 2.66. The first-order valence-corrected chi connectivity index (χ1v) is 5.84. The van der Waals surface area contributed by atoms with Gasteiger partial charge in [-0.05, 0) is 12.1 Å². The van der Waals surface area contributed by atoms with Crippen molar-refractivity contribution in [2.24, 2.45) is 0 Å². The number of nitriles is 1. The minimum absolute atomic E-state index is 0.523. The van der Waals surface area contributed by atoms with Crippen LogP contribution in [0.15, 0.2) is 42.7 Å². The van der Waals surface area contributed by atoms with Crippen LogP contribution in [-0.2, 0) is 0 Å². The van der Waals surface area contributed by atoms with Gasteiger partial charge in [0.15, 0.2) is 0 Å². The van der Waals surface area contributed by atoms with Crippen LogP contribution in [0.2, 0.25) is 0 Å². The summed E-state index contributed by atoms with van der Waals surface area (Å²) in [5.74, 6) is 0.523. The van der Waals surface area contributed by atoms with Crippen molar-refractivity contribution >= 4 is 10.9 Å². The van der Waals surface area contributed by atoms with Gasteiger partial charge in [0.1, 0.15) is 0 Å². The first-order valence-electron chi connectivity index (χ1n) is 5.84. The third-order valence-corrected chi connectivity index (χ3v) is 3.08. The largest absolute Gasteiger partial charge is 0.481 e. The molecule has 0 bridgehead atoms. The topological polar surface area (TPSA) is 61.7 Å². The molecule has 4 nitrogen and oxygen atoms in total. The third kappa shape index (κ3) is 1.72. The second-order valence-corrected chi connectivity index (χ2v) is 4.10. The van der Waals surface area contributed by atoms with Crippen LogP contribution < -0.4 is 4.74 Å². The lowest BCUT2D eigenvalue weighted by Gasteiger charge is -2.10. The first kappa shape index (κ1) is 11.3. The Bertz CT molecular complexity index is 783. The molecule has 2 aromatic heterocycles. The quantitative estimate of drug-likeness (QED) is 0.759. The van der Waals surface area contributed by atoms with E-state index in [2.05, 4.69) is 16.0 Å². The van der Waals surface area contributed by atoms with Gasteiger partial charge in [-0.3, -0.25) is 0 Å². The lowest BCUT2D eigenvalue weighted by molar-refractivity contribution is 0.400. The maximum atomic E-state index is 9.25. The van der Waals surface area contributed by atoms with Gasteiger partial charge in [-0.15, -0.1) is 0 Å². The van der Waals surface area contributed by atoms with E-state index in [4.69, 9.17) is 4.74 Å². The van der Waals surface area contributed by atoms with Gasteiger partial charge < -0.3 is 9.72 Å². The molecule has 0 spiro atoms. The van der Waals surface area contributed by atoms with E-state index in [-0.39, 0.29) is 0 Å². The van der Waals surface area contributed by atoms with Crippen molar-refractivity contribution in [2.75, 3.05) is 7.11 Å². The summed E-state index contributed by atoms with van der Waals surface area (Å²) in [6.45, 7) is 0. The van der Waals surface area contributed by atoms with Crippen LogP contribution in [0, 0.1) is 11.3 Å². The molecule has 0 unspecified atom stereocenters. The maximum Gasteiger partial charge on any atom is 0.221 e. The highest BCUT2D eigenvalue weighted by Gasteiger charge is 2.15. The highest BCUT2D eigenvalue weighted by Crippen LogP contribution is 2.36. The molecule has 0 radical (unpaired) electrons. The number of hydrogen-bond donors (Lipinski definition) is 1. The van der Waals surface area contributed by atoms with Gasteiger partial charge in [0.05, 0.1) is 36.0 Å². The standard InChI is InChI=1S/C15H11N3O/c1-19-15-14(11-5-3-2-4-10(11)8-16)12-6-7-17-13(12)9-18-15/h2-7,9,17H,1H3. The molecule has 1 N–H and O–H groups in total. The average molecular weight is 249 g/mol. The second-order valence-electron chi connectivity index (χ2n) is 4.10. The highest BCUT2D eigenvalue weighted by molar-refractivity contribution is 5.98. The van der Waals surface area contributed by atoms with Crippen molar-refractivity contribution in [1.82, 2.24) is 9.97 Å². The molecule has 0 fully saturated rings. The fourth-order valence-electron chi connectivity index (χ4n) is 2.22. The number of aromatic amines is 1. The van der Waals surface area contributed by atoms with Crippen LogP contribution in [0.5, 0.6) is 5.88 Å². The zero-order valence-electron chi connectivity index (χ0n) is 10.3. The number of ether oxygens (including phenoxy) is 1. The maximum absolute atomic E-state index is 9.25. The van der Waals surface area contributed by atoms with E-state index >= 15 is 0 Å². The van der Waals surface area contributed by atoms with Crippen molar-refractivity contribution in [3.8, 4) is 23.1 Å². The van der Waals surface area contributed by atoms with Gasteiger partial charge in [-0.2, -0.15) is 5.26 Å². The molecule has 0 saturated carbocycles. The Labute approximate surface area is 110 Å². The van der Waals surface area contributed by atoms with E-state index in [0.29, 0.717) is 11.4 Å². The van der Waals surface area contributed by atoms with E-state index < -0.39 is 0 Å². The minimum Gasteiger partial charge on any atom is -0.481 e. The van der Waals surface area contributed by atoms with Crippen molar-refractivity contribution in [1.29, 1.82) is 5.26 Å². The van der Waals surface area contributed by atoms with E-state index in [1.165, 1.54) is 0 Å². The van der Waals surface area contributed by atoms with Gasteiger partial charge >= 0.3 is 0 Å². The van der Waals surface area contributed by atoms with Gasteiger partial charge in [0.2, 0.25) is 5.88 Å². The normalized spacial score (nSPS) is 10.3. The summed E-state index contributed by atoms with van der Waals surface area (Å²) in [4.78, 5) is 7.40. The molecule has 1 aromatic carbocycles. The summed E-state index contributed by atoms with van der Waals surface area (Å²) >= 11 is 0. The summed E-state index contributed by atoms with van der Waals surface area (Å²) in [6, 6.07) is 11.6. The zero-order valence-corrected chi connectivity index (χ0v) is 10.3. The summed E-state index contributed by atoms with van der Waals surface area (Å²) in [7, 11) is 1.58. The molecule has 0 aliphatic heterocycles. The number of nitrogens with zero attached hydrogens (tertiary/aromatic N) is 2. The van der Waals surface area contributed by atoms with Crippen molar-refractivity contribution in [3.63, 3.8) is 0 Å². The predicted molar refractivity (Wildman–Crippen MR) is 72.8 cm³/mol. The molecule has 0 amide bonds. The first-order chi connectivity index (χ1) is 9.35. The molecule has 0 saturated heterocycles. The number of benzene rings is 1. The number of pyridine rings is 1. The third-order valence-electron chi connectivity index (χ3n) is 3.08. The molecule has 19 heavy (non-hydrogen) atoms. The Balaban J connectivity index is 2.41. The van der Waals surface area contributed by atoms with E-state index in [0.717, 1.165) is 22.0 Å². The van der Waals surface area contributed by atoms with Gasteiger partial charge in [0, 0.05) is 17.1 Å². The number of hydrogen-bond acceptors (Lipinski definition) is 3. The number of H-pyrrole nitrogens is 1. The fourth-order valence-corrected chi connectivity index (χ4v) is 2.22. The number of methoxy groups -OCH3 is 1. The monoisotopic (exact) mass is 249 g/mol. The van der Waals surface area contributed by atoms with Gasteiger partial charge in [-0.25, -0.2) is 4.98 Å². The lowest BCUT2D eigenvalue weighted by Crippen LogP contribution is -1.94. The fraction of sp³-hybridized carbons (Fsp3) is 0.0667. The average Bonchev–Trinajstić information content (AvgIpc) is 2.94. The number of rotatable bonds is 2. The van der Waals surface area contributed by atoms with E-state index in [1.54, 1.807) is 19.4 Å². The van der Waals surface area contributed by atoms with Crippen molar-refractivity contribution in [2.45, 2.75) is 0 Å². The minimum atomic E-state index is 0.523. The van der Waals surface area contributed by atoms with Crippen LogP contribution in [-0.4, -0.2) is 17.1 Å². The molecule has 92 valence electrons. The molecule has 4 heteroatoms. The summed E-state index contributed by atoms with van der Waals surface area (Å²) in [6.07, 6.45) is 3.58. The molecule has 0 aliphatic carbocycles. The molecular formula is C15H11N3O. The lowest BCUT2D eigenvalue weighted by atomic mass is 9.99. The molecule has 2 heterocycles. The Hall–Kier alpha value is -2.80. The zero-order chi connectivity index (χ0) is 13.2. The van der Waals surface area contributed by atoms with Crippen molar-refractivity contribution < 1.29 is 4.74 Å². The van der Waals surface area contributed by atoms with Crippen LogP contribution in [0.3, 0.4) is 0 Å². The Morgan fingerprint density at radius 3 is 2.89 bits per heavy atom. The SMILES string of the molecule is COc1ncc2[nH]ccc2c1-c1ccccc1C#N. The Morgan fingerprint density at radius 1 is 1.26 bits per heavy atom. The summed E-state index contributed by atoms with van der Waals surface area (Å²) in [5.41, 5.74) is 3.21. The summed E-state index contributed by atoms with van der Waals surface area (Å²) in [5, 5.41) is 10.2. The highest BCUT2D eigenvalue weighted by atomic mass is 16.5. The number of nitrogens with one attached hydrogen (secondary N) is 1. The molecule has 3 rings (SSSR count).